The molecule has 0 aliphatic carbocycles. The Balaban J connectivity index is 1.74. The van der Waals surface area contributed by atoms with Gasteiger partial charge in [0.2, 0.25) is 0 Å². The fourth-order valence-corrected chi connectivity index (χ4v) is 2.90. The Bertz CT molecular complexity index is 554. The van der Waals surface area contributed by atoms with E-state index >= 15 is 0 Å². The van der Waals surface area contributed by atoms with Gasteiger partial charge in [0.05, 0.1) is 0 Å². The molecule has 1 atom stereocenters. The summed E-state index contributed by atoms with van der Waals surface area (Å²) in [6.07, 6.45) is 6.48. The summed E-state index contributed by atoms with van der Waals surface area (Å²) in [6.45, 7) is 7.37. The fourth-order valence-electron chi connectivity index (χ4n) is 2.90. The number of ether oxygens (including phenoxy) is 1. The molecule has 0 amide bonds. The van der Waals surface area contributed by atoms with Crippen LogP contribution >= 0.6 is 0 Å². The summed E-state index contributed by atoms with van der Waals surface area (Å²) >= 11 is 0. The normalized spacial score (nSPS) is 12.1. The Morgan fingerprint density at radius 3 is 2.17 bits per heavy atom. The zero-order valence-corrected chi connectivity index (χ0v) is 14.8. The van der Waals surface area contributed by atoms with E-state index in [1.54, 1.807) is 0 Å². The SMILES string of the molecule is CCCC(C)CCCc1ccc(COc2ccc(C)cc2)cc1. The molecule has 0 aliphatic rings. The smallest absolute Gasteiger partial charge is 0.119 e. The third-order valence-corrected chi connectivity index (χ3v) is 4.39. The van der Waals surface area contributed by atoms with Crippen LogP contribution in [-0.2, 0) is 13.0 Å². The number of rotatable bonds is 9. The van der Waals surface area contributed by atoms with Crippen molar-refractivity contribution in [2.45, 2.75) is 59.5 Å². The average molecular weight is 310 g/mol. The topological polar surface area (TPSA) is 9.23 Å². The first-order valence-electron chi connectivity index (χ1n) is 8.94. The summed E-state index contributed by atoms with van der Waals surface area (Å²) < 4.78 is 5.83. The van der Waals surface area contributed by atoms with E-state index in [0.29, 0.717) is 6.61 Å². The predicted octanol–water partition coefficient (Wildman–Crippen LogP) is 6.33. The minimum Gasteiger partial charge on any atom is -0.489 e. The van der Waals surface area contributed by atoms with Crippen molar-refractivity contribution in [2.75, 3.05) is 0 Å². The van der Waals surface area contributed by atoms with E-state index in [4.69, 9.17) is 4.74 Å². The standard InChI is InChI=1S/C22H30O/c1-4-6-18(2)7-5-8-20-11-13-21(14-12-20)17-23-22-15-9-19(3)10-16-22/h9-16,18H,4-8,17H2,1-3H3. The second kappa shape index (κ2) is 9.39. The van der Waals surface area contributed by atoms with Crippen molar-refractivity contribution in [1.29, 1.82) is 0 Å². The molecule has 0 radical (unpaired) electrons. The highest BCUT2D eigenvalue weighted by Gasteiger charge is 2.02. The first kappa shape index (κ1) is 17.6. The maximum absolute atomic E-state index is 5.83. The zero-order valence-electron chi connectivity index (χ0n) is 14.8. The van der Waals surface area contributed by atoms with Crippen LogP contribution in [0.5, 0.6) is 5.75 Å². The van der Waals surface area contributed by atoms with Gasteiger partial charge in [-0.2, -0.15) is 0 Å². The molecule has 0 heterocycles. The van der Waals surface area contributed by atoms with Crippen molar-refractivity contribution in [3.63, 3.8) is 0 Å². The predicted molar refractivity (Wildman–Crippen MR) is 99.0 cm³/mol. The van der Waals surface area contributed by atoms with Gasteiger partial charge >= 0.3 is 0 Å². The van der Waals surface area contributed by atoms with Gasteiger partial charge in [-0.1, -0.05) is 75.1 Å². The quantitative estimate of drug-likeness (QED) is 0.525. The third-order valence-electron chi connectivity index (χ3n) is 4.39. The van der Waals surface area contributed by atoms with Crippen LogP contribution in [0, 0.1) is 12.8 Å². The van der Waals surface area contributed by atoms with Crippen LogP contribution in [0.15, 0.2) is 48.5 Å². The molecule has 0 saturated carbocycles. The van der Waals surface area contributed by atoms with Crippen molar-refractivity contribution in [3.8, 4) is 5.75 Å². The highest BCUT2D eigenvalue weighted by Crippen LogP contribution is 2.17. The second-order valence-electron chi connectivity index (χ2n) is 6.70. The maximum Gasteiger partial charge on any atom is 0.119 e. The Morgan fingerprint density at radius 2 is 1.52 bits per heavy atom. The van der Waals surface area contributed by atoms with Gasteiger partial charge in [0.15, 0.2) is 0 Å². The molecule has 0 aliphatic heterocycles. The lowest BCUT2D eigenvalue weighted by molar-refractivity contribution is 0.306. The summed E-state index contributed by atoms with van der Waals surface area (Å²) in [6, 6.07) is 17.1. The van der Waals surface area contributed by atoms with Crippen LogP contribution in [0.3, 0.4) is 0 Å². The van der Waals surface area contributed by atoms with Gasteiger partial charge in [0.1, 0.15) is 12.4 Å². The van der Waals surface area contributed by atoms with Gasteiger partial charge in [0.25, 0.3) is 0 Å². The van der Waals surface area contributed by atoms with E-state index in [2.05, 4.69) is 57.2 Å². The molecule has 0 bridgehead atoms. The monoisotopic (exact) mass is 310 g/mol. The van der Waals surface area contributed by atoms with Crippen LogP contribution in [0.4, 0.5) is 0 Å². The lowest BCUT2D eigenvalue weighted by Gasteiger charge is -2.10. The summed E-state index contributed by atoms with van der Waals surface area (Å²) in [5.74, 6) is 1.80. The zero-order chi connectivity index (χ0) is 16.5. The molecule has 124 valence electrons. The number of aryl methyl sites for hydroxylation is 2. The Morgan fingerprint density at radius 1 is 0.870 bits per heavy atom. The van der Waals surface area contributed by atoms with E-state index < -0.39 is 0 Å². The maximum atomic E-state index is 5.83. The first-order valence-corrected chi connectivity index (χ1v) is 8.94. The number of benzene rings is 2. The Kier molecular flexibility index (Phi) is 7.19. The molecule has 2 aromatic rings. The van der Waals surface area contributed by atoms with Gasteiger partial charge in [-0.25, -0.2) is 0 Å². The summed E-state index contributed by atoms with van der Waals surface area (Å²) in [7, 11) is 0. The highest BCUT2D eigenvalue weighted by molar-refractivity contribution is 5.27. The van der Waals surface area contributed by atoms with Crippen LogP contribution in [-0.4, -0.2) is 0 Å². The number of hydrogen-bond acceptors (Lipinski definition) is 1. The molecular weight excluding hydrogens is 280 g/mol. The average Bonchev–Trinajstić information content (AvgIpc) is 2.56. The van der Waals surface area contributed by atoms with Crippen LogP contribution in [0.2, 0.25) is 0 Å². The van der Waals surface area contributed by atoms with Gasteiger partial charge in [0, 0.05) is 0 Å². The van der Waals surface area contributed by atoms with Crippen molar-refractivity contribution >= 4 is 0 Å². The van der Waals surface area contributed by atoms with E-state index in [9.17, 15) is 0 Å². The summed E-state index contributed by atoms with van der Waals surface area (Å²) in [4.78, 5) is 0. The van der Waals surface area contributed by atoms with E-state index in [1.165, 1.54) is 48.8 Å². The van der Waals surface area contributed by atoms with Gasteiger partial charge < -0.3 is 4.74 Å². The van der Waals surface area contributed by atoms with E-state index in [1.807, 2.05) is 12.1 Å². The second-order valence-corrected chi connectivity index (χ2v) is 6.70. The largest absolute Gasteiger partial charge is 0.489 e. The van der Waals surface area contributed by atoms with Crippen LogP contribution in [0.1, 0.15) is 56.2 Å². The van der Waals surface area contributed by atoms with Crippen molar-refractivity contribution in [2.24, 2.45) is 5.92 Å². The molecule has 0 spiro atoms. The van der Waals surface area contributed by atoms with Crippen molar-refractivity contribution < 1.29 is 4.74 Å². The molecule has 0 fully saturated rings. The fraction of sp³-hybridized carbons (Fsp3) is 0.455. The van der Waals surface area contributed by atoms with Gasteiger partial charge in [-0.05, 0) is 48.9 Å². The molecule has 1 unspecified atom stereocenters. The molecule has 0 N–H and O–H groups in total. The van der Waals surface area contributed by atoms with E-state index in [0.717, 1.165) is 11.7 Å². The highest BCUT2D eigenvalue weighted by atomic mass is 16.5. The van der Waals surface area contributed by atoms with E-state index in [-0.39, 0.29) is 0 Å². The molecule has 1 nitrogen and oxygen atoms in total. The molecule has 0 saturated heterocycles. The lowest BCUT2D eigenvalue weighted by Crippen LogP contribution is -1.97. The molecule has 2 aromatic carbocycles. The molecule has 1 heteroatoms. The van der Waals surface area contributed by atoms with Gasteiger partial charge in [-0.3, -0.25) is 0 Å². The lowest BCUT2D eigenvalue weighted by atomic mass is 9.97. The minimum atomic E-state index is 0.636. The summed E-state index contributed by atoms with van der Waals surface area (Å²) in [5, 5.41) is 0. The number of hydrogen-bond donors (Lipinski definition) is 0. The summed E-state index contributed by atoms with van der Waals surface area (Å²) in [5.41, 5.74) is 3.93. The van der Waals surface area contributed by atoms with Crippen LogP contribution < -0.4 is 4.74 Å². The molecule has 2 rings (SSSR count). The molecule has 23 heavy (non-hydrogen) atoms. The molecule has 0 aromatic heterocycles. The van der Waals surface area contributed by atoms with Gasteiger partial charge in [-0.15, -0.1) is 0 Å². The Hall–Kier alpha value is -1.76. The first-order chi connectivity index (χ1) is 11.2. The van der Waals surface area contributed by atoms with Crippen molar-refractivity contribution in [1.82, 2.24) is 0 Å². The van der Waals surface area contributed by atoms with Crippen LogP contribution in [0.25, 0.3) is 0 Å². The minimum absolute atomic E-state index is 0.636. The Labute approximate surface area is 141 Å². The third kappa shape index (κ3) is 6.48. The molecular formula is C22H30O. The van der Waals surface area contributed by atoms with Crippen molar-refractivity contribution in [3.05, 3.63) is 65.2 Å².